The van der Waals surface area contributed by atoms with Crippen LogP contribution in [-0.4, -0.2) is 33.9 Å². The highest BCUT2D eigenvalue weighted by molar-refractivity contribution is 7.22. The van der Waals surface area contributed by atoms with Crippen molar-refractivity contribution >= 4 is 44.1 Å². The Morgan fingerprint density at radius 2 is 1.82 bits per heavy atom. The predicted molar refractivity (Wildman–Crippen MR) is 122 cm³/mol. The van der Waals surface area contributed by atoms with Crippen molar-refractivity contribution in [2.75, 3.05) is 12.0 Å². The fraction of sp³-hybridized carbons (Fsp3) is 0.0833. The normalized spacial score (nSPS) is 17.6. The lowest BCUT2D eigenvalue weighted by atomic mass is 9.95. The molecule has 1 amide bonds. The molecule has 0 spiro atoms. The summed E-state index contributed by atoms with van der Waals surface area (Å²) in [5, 5.41) is 11.3. The summed E-state index contributed by atoms with van der Waals surface area (Å²) in [6.07, 6.45) is 2.96. The van der Waals surface area contributed by atoms with Crippen LogP contribution in [0.15, 0.2) is 72.6 Å². The molecule has 5 rings (SSSR count). The molecule has 9 heteroatoms. The van der Waals surface area contributed by atoms with Crippen LogP contribution in [0.1, 0.15) is 17.2 Å². The maximum absolute atomic E-state index is 13.7. The number of aliphatic hydroxyl groups excluding tert-OH is 1. The second-order valence-electron chi connectivity index (χ2n) is 7.29. The van der Waals surface area contributed by atoms with Gasteiger partial charge in [-0.25, -0.2) is 9.37 Å². The monoisotopic (exact) mass is 461 g/mol. The Balaban J connectivity index is 1.72. The number of benzene rings is 2. The number of fused-ring (bicyclic) bond motifs is 1. The molecule has 2 aromatic heterocycles. The molecule has 3 heterocycles. The Hall–Kier alpha value is -4.11. The summed E-state index contributed by atoms with van der Waals surface area (Å²) in [6.45, 7) is 0. The molecule has 2 aromatic carbocycles. The van der Waals surface area contributed by atoms with Gasteiger partial charge in [-0.3, -0.25) is 19.5 Å². The van der Waals surface area contributed by atoms with Crippen molar-refractivity contribution in [3.63, 3.8) is 0 Å². The lowest BCUT2D eigenvalue weighted by Crippen LogP contribution is -2.29. The van der Waals surface area contributed by atoms with Gasteiger partial charge in [-0.05, 0) is 48.0 Å². The standard InChI is InChI=1S/C24H16FN3O4S/c1-32-16-5-2-13(3-6-16)20-19(21(29)14-8-10-26-11-9-14)22(30)23(31)28(20)24-27-17-7-4-15(25)12-18(17)33-24/h2-12,20,29H,1H3/b21-19+. The van der Waals surface area contributed by atoms with E-state index in [4.69, 9.17) is 4.74 Å². The van der Waals surface area contributed by atoms with Gasteiger partial charge >= 0.3 is 5.91 Å². The number of ether oxygens (including phenoxy) is 1. The van der Waals surface area contributed by atoms with Gasteiger partial charge in [-0.15, -0.1) is 0 Å². The SMILES string of the molecule is COc1ccc(C2/C(=C(\O)c3ccncc3)C(=O)C(=O)N2c2nc3ccc(F)cc3s2)cc1. The topological polar surface area (TPSA) is 92.6 Å². The number of hydrogen-bond donors (Lipinski definition) is 1. The predicted octanol–water partition coefficient (Wildman–Crippen LogP) is 4.47. The Morgan fingerprint density at radius 3 is 2.52 bits per heavy atom. The van der Waals surface area contributed by atoms with Gasteiger partial charge in [0.15, 0.2) is 5.13 Å². The zero-order valence-corrected chi connectivity index (χ0v) is 18.0. The molecule has 4 aromatic rings. The first-order valence-corrected chi connectivity index (χ1v) is 10.7. The highest BCUT2D eigenvalue weighted by Crippen LogP contribution is 2.44. The molecule has 7 nitrogen and oxygen atoms in total. The summed E-state index contributed by atoms with van der Waals surface area (Å²) in [4.78, 5) is 36.0. The van der Waals surface area contributed by atoms with E-state index in [1.54, 1.807) is 36.4 Å². The molecule has 0 saturated carbocycles. The van der Waals surface area contributed by atoms with Gasteiger partial charge in [-0.1, -0.05) is 23.5 Å². The molecule has 1 aliphatic heterocycles. The molecule has 1 N–H and O–H groups in total. The molecule has 0 bridgehead atoms. The highest BCUT2D eigenvalue weighted by atomic mass is 32.1. The van der Waals surface area contributed by atoms with E-state index in [0.717, 1.165) is 11.3 Å². The van der Waals surface area contributed by atoms with E-state index in [0.29, 0.717) is 27.1 Å². The smallest absolute Gasteiger partial charge is 0.301 e. The Bertz CT molecular complexity index is 1420. The number of methoxy groups -OCH3 is 1. The van der Waals surface area contributed by atoms with E-state index in [-0.39, 0.29) is 16.5 Å². The summed E-state index contributed by atoms with van der Waals surface area (Å²) in [5.41, 5.74) is 1.37. The first-order valence-electron chi connectivity index (χ1n) is 9.89. The summed E-state index contributed by atoms with van der Waals surface area (Å²) in [7, 11) is 1.53. The maximum Gasteiger partial charge on any atom is 0.301 e. The third-order valence-electron chi connectivity index (χ3n) is 5.37. The summed E-state index contributed by atoms with van der Waals surface area (Å²) < 4.78 is 19.5. The largest absolute Gasteiger partial charge is 0.507 e. The van der Waals surface area contributed by atoms with Crippen molar-refractivity contribution in [1.82, 2.24) is 9.97 Å². The van der Waals surface area contributed by atoms with Crippen LogP contribution in [0, 0.1) is 5.82 Å². The number of nitrogens with zero attached hydrogens (tertiary/aromatic N) is 3. The zero-order chi connectivity index (χ0) is 23.1. The van der Waals surface area contributed by atoms with Crippen molar-refractivity contribution in [3.8, 4) is 5.75 Å². The molecular formula is C24H16FN3O4S. The van der Waals surface area contributed by atoms with Crippen molar-refractivity contribution in [1.29, 1.82) is 0 Å². The lowest BCUT2D eigenvalue weighted by Gasteiger charge is -2.23. The van der Waals surface area contributed by atoms with Gasteiger partial charge in [0.2, 0.25) is 0 Å². The molecule has 1 atom stereocenters. The fourth-order valence-electron chi connectivity index (χ4n) is 3.79. The first-order chi connectivity index (χ1) is 16.0. The van der Waals surface area contributed by atoms with Crippen LogP contribution in [0.3, 0.4) is 0 Å². The van der Waals surface area contributed by atoms with E-state index in [1.807, 2.05) is 0 Å². The zero-order valence-electron chi connectivity index (χ0n) is 17.2. The van der Waals surface area contributed by atoms with Gasteiger partial charge in [0.05, 0.1) is 28.9 Å². The molecule has 1 saturated heterocycles. The Labute approximate surface area is 191 Å². The van der Waals surface area contributed by atoms with Crippen molar-refractivity contribution < 1.29 is 23.8 Å². The van der Waals surface area contributed by atoms with Gasteiger partial charge in [0.1, 0.15) is 17.3 Å². The average Bonchev–Trinajstić information content (AvgIpc) is 3.37. The highest BCUT2D eigenvalue weighted by Gasteiger charge is 2.48. The third-order valence-corrected chi connectivity index (χ3v) is 6.39. The van der Waals surface area contributed by atoms with E-state index in [1.165, 1.54) is 42.6 Å². The summed E-state index contributed by atoms with van der Waals surface area (Å²) >= 11 is 1.09. The van der Waals surface area contributed by atoms with Crippen LogP contribution in [0.4, 0.5) is 9.52 Å². The Kier molecular flexibility index (Phi) is 5.10. The molecule has 1 aliphatic rings. The van der Waals surface area contributed by atoms with Crippen LogP contribution in [-0.2, 0) is 9.59 Å². The molecule has 1 unspecified atom stereocenters. The van der Waals surface area contributed by atoms with Crippen molar-refractivity contribution in [2.24, 2.45) is 0 Å². The molecular weight excluding hydrogens is 445 g/mol. The van der Waals surface area contributed by atoms with Crippen LogP contribution >= 0.6 is 11.3 Å². The number of aliphatic hydroxyl groups is 1. The number of anilines is 1. The van der Waals surface area contributed by atoms with Crippen molar-refractivity contribution in [2.45, 2.75) is 6.04 Å². The number of carbonyl (C=O) groups excluding carboxylic acids is 2. The quantitative estimate of drug-likeness (QED) is 0.274. The average molecular weight is 461 g/mol. The third kappa shape index (κ3) is 3.52. The number of ketones is 1. The minimum atomic E-state index is -0.936. The van der Waals surface area contributed by atoms with Crippen LogP contribution < -0.4 is 9.64 Å². The van der Waals surface area contributed by atoms with Crippen LogP contribution in [0.25, 0.3) is 16.0 Å². The van der Waals surface area contributed by atoms with Gasteiger partial charge < -0.3 is 9.84 Å². The minimum absolute atomic E-state index is 0.0678. The number of aromatic nitrogens is 2. The molecule has 1 fully saturated rings. The summed E-state index contributed by atoms with van der Waals surface area (Å²) in [5.74, 6) is -1.81. The Morgan fingerprint density at radius 1 is 1.09 bits per heavy atom. The number of amides is 1. The fourth-order valence-corrected chi connectivity index (χ4v) is 4.80. The molecule has 0 radical (unpaired) electrons. The molecule has 164 valence electrons. The number of rotatable bonds is 4. The number of carbonyl (C=O) groups is 2. The second-order valence-corrected chi connectivity index (χ2v) is 8.30. The molecule has 33 heavy (non-hydrogen) atoms. The number of pyridine rings is 1. The van der Waals surface area contributed by atoms with E-state index < -0.39 is 23.5 Å². The number of Topliss-reactive ketones (excluding diaryl/α,β-unsaturated/α-hetero) is 1. The second kappa shape index (κ2) is 8.10. The van der Waals surface area contributed by atoms with E-state index in [9.17, 15) is 19.1 Å². The van der Waals surface area contributed by atoms with Gasteiger partial charge in [0, 0.05) is 18.0 Å². The lowest BCUT2D eigenvalue weighted by molar-refractivity contribution is -0.132. The van der Waals surface area contributed by atoms with E-state index >= 15 is 0 Å². The minimum Gasteiger partial charge on any atom is -0.507 e. The van der Waals surface area contributed by atoms with Gasteiger partial charge in [-0.2, -0.15) is 0 Å². The van der Waals surface area contributed by atoms with E-state index in [2.05, 4.69) is 9.97 Å². The number of hydrogen-bond acceptors (Lipinski definition) is 7. The summed E-state index contributed by atoms with van der Waals surface area (Å²) in [6, 6.07) is 13.1. The van der Waals surface area contributed by atoms with Gasteiger partial charge in [0.25, 0.3) is 5.78 Å². The number of thiazole rings is 1. The van der Waals surface area contributed by atoms with Crippen LogP contribution in [0.5, 0.6) is 5.75 Å². The first kappa shape index (κ1) is 20.8. The number of halogens is 1. The molecule has 0 aliphatic carbocycles. The van der Waals surface area contributed by atoms with Crippen molar-refractivity contribution in [3.05, 3.63) is 89.5 Å². The van der Waals surface area contributed by atoms with Crippen LogP contribution in [0.2, 0.25) is 0 Å². The maximum atomic E-state index is 13.7.